The maximum absolute atomic E-state index is 11.0. The first kappa shape index (κ1) is 15.5. The highest BCUT2D eigenvalue weighted by molar-refractivity contribution is 5.23. The molecule has 3 heteroatoms. The van der Waals surface area contributed by atoms with Crippen molar-refractivity contribution in [1.29, 1.82) is 0 Å². The molecule has 0 radical (unpaired) electrons. The van der Waals surface area contributed by atoms with E-state index >= 15 is 0 Å². The molecule has 3 N–H and O–H groups in total. The SMILES string of the molecule is CCN(CC(O)(CN)c1ccccc1)C1CCCCC1. The Labute approximate surface area is 122 Å². The molecule has 1 aliphatic rings. The molecular weight excluding hydrogens is 248 g/mol. The smallest absolute Gasteiger partial charge is 0.114 e. The van der Waals surface area contributed by atoms with Crippen LogP contribution in [0.4, 0.5) is 0 Å². The van der Waals surface area contributed by atoms with Crippen LogP contribution in [0, 0.1) is 0 Å². The van der Waals surface area contributed by atoms with E-state index in [1.165, 1.54) is 32.1 Å². The second-order valence-corrected chi connectivity index (χ2v) is 5.96. The van der Waals surface area contributed by atoms with Gasteiger partial charge in [-0.25, -0.2) is 0 Å². The van der Waals surface area contributed by atoms with Crippen LogP contribution >= 0.6 is 0 Å². The van der Waals surface area contributed by atoms with Crippen LogP contribution in [-0.4, -0.2) is 35.7 Å². The van der Waals surface area contributed by atoms with Gasteiger partial charge in [0, 0.05) is 19.1 Å². The Bertz CT molecular complexity index is 389. The average molecular weight is 276 g/mol. The molecule has 1 saturated carbocycles. The third-order valence-electron chi connectivity index (χ3n) is 4.61. The molecule has 1 aromatic carbocycles. The van der Waals surface area contributed by atoms with E-state index in [4.69, 9.17) is 5.73 Å². The van der Waals surface area contributed by atoms with Crippen molar-refractivity contribution in [3.05, 3.63) is 35.9 Å². The lowest BCUT2D eigenvalue weighted by molar-refractivity contribution is -0.00963. The first-order valence-corrected chi connectivity index (χ1v) is 7.91. The lowest BCUT2D eigenvalue weighted by Crippen LogP contribution is -2.49. The predicted octanol–water partition coefficient (Wildman–Crippen LogP) is 2.49. The van der Waals surface area contributed by atoms with Gasteiger partial charge in [0.1, 0.15) is 5.60 Å². The molecule has 1 atom stereocenters. The highest BCUT2D eigenvalue weighted by Crippen LogP contribution is 2.27. The summed E-state index contributed by atoms with van der Waals surface area (Å²) in [4.78, 5) is 2.42. The fourth-order valence-corrected chi connectivity index (χ4v) is 3.30. The van der Waals surface area contributed by atoms with E-state index in [0.717, 1.165) is 12.1 Å². The zero-order valence-electron chi connectivity index (χ0n) is 12.6. The first-order valence-electron chi connectivity index (χ1n) is 7.91. The van der Waals surface area contributed by atoms with E-state index in [9.17, 15) is 5.11 Å². The van der Waals surface area contributed by atoms with Crippen LogP contribution < -0.4 is 5.73 Å². The monoisotopic (exact) mass is 276 g/mol. The number of nitrogens with two attached hydrogens (primary N) is 1. The first-order chi connectivity index (χ1) is 9.69. The van der Waals surface area contributed by atoms with Gasteiger partial charge < -0.3 is 10.8 Å². The molecule has 0 amide bonds. The summed E-state index contributed by atoms with van der Waals surface area (Å²) in [5, 5.41) is 11.0. The Kier molecular flexibility index (Phi) is 5.58. The Hall–Kier alpha value is -0.900. The van der Waals surface area contributed by atoms with Gasteiger partial charge in [-0.15, -0.1) is 0 Å². The summed E-state index contributed by atoms with van der Waals surface area (Å²) in [6, 6.07) is 10.5. The zero-order chi connectivity index (χ0) is 14.4. The minimum atomic E-state index is -0.936. The molecule has 112 valence electrons. The van der Waals surface area contributed by atoms with E-state index in [1.54, 1.807) is 0 Å². The minimum Gasteiger partial charge on any atom is -0.382 e. The topological polar surface area (TPSA) is 49.5 Å². The average Bonchev–Trinajstić information content (AvgIpc) is 2.54. The van der Waals surface area contributed by atoms with Crippen LogP contribution in [0.15, 0.2) is 30.3 Å². The molecule has 0 saturated heterocycles. The normalized spacial score (nSPS) is 20.0. The van der Waals surface area contributed by atoms with Crippen LogP contribution in [-0.2, 0) is 5.60 Å². The number of rotatable bonds is 6. The van der Waals surface area contributed by atoms with Crippen LogP contribution in [0.1, 0.15) is 44.6 Å². The summed E-state index contributed by atoms with van der Waals surface area (Å²) < 4.78 is 0. The highest BCUT2D eigenvalue weighted by Gasteiger charge is 2.32. The Balaban J connectivity index is 2.10. The molecule has 1 aliphatic carbocycles. The molecule has 0 spiro atoms. The molecule has 0 bridgehead atoms. The third-order valence-corrected chi connectivity index (χ3v) is 4.61. The summed E-state index contributed by atoms with van der Waals surface area (Å²) >= 11 is 0. The Morgan fingerprint density at radius 1 is 1.20 bits per heavy atom. The molecule has 1 unspecified atom stereocenters. The lowest BCUT2D eigenvalue weighted by Gasteiger charge is -2.39. The molecule has 2 rings (SSSR count). The van der Waals surface area contributed by atoms with Gasteiger partial charge in [-0.3, -0.25) is 4.90 Å². The molecule has 3 nitrogen and oxygen atoms in total. The quantitative estimate of drug-likeness (QED) is 0.839. The van der Waals surface area contributed by atoms with Gasteiger partial charge in [0.2, 0.25) is 0 Å². The Morgan fingerprint density at radius 3 is 2.40 bits per heavy atom. The summed E-state index contributed by atoms with van der Waals surface area (Å²) in [7, 11) is 0. The van der Waals surface area contributed by atoms with E-state index in [1.807, 2.05) is 30.3 Å². The van der Waals surface area contributed by atoms with Crippen molar-refractivity contribution in [1.82, 2.24) is 4.90 Å². The number of nitrogens with zero attached hydrogens (tertiary/aromatic N) is 1. The second kappa shape index (κ2) is 7.21. The van der Waals surface area contributed by atoms with Gasteiger partial charge in [-0.05, 0) is 24.9 Å². The van der Waals surface area contributed by atoms with E-state index < -0.39 is 5.60 Å². The summed E-state index contributed by atoms with van der Waals surface area (Å²) in [6.45, 7) is 4.05. The van der Waals surface area contributed by atoms with E-state index in [-0.39, 0.29) is 6.54 Å². The molecule has 20 heavy (non-hydrogen) atoms. The lowest BCUT2D eigenvalue weighted by atomic mass is 9.89. The summed E-state index contributed by atoms with van der Waals surface area (Å²) in [6.07, 6.45) is 6.49. The van der Waals surface area contributed by atoms with Gasteiger partial charge in [-0.2, -0.15) is 0 Å². The summed E-state index contributed by atoms with van der Waals surface area (Å²) in [5.41, 5.74) is 5.89. The van der Waals surface area contributed by atoms with Crippen molar-refractivity contribution >= 4 is 0 Å². The maximum Gasteiger partial charge on any atom is 0.114 e. The fourth-order valence-electron chi connectivity index (χ4n) is 3.30. The van der Waals surface area contributed by atoms with Crippen LogP contribution in [0.3, 0.4) is 0 Å². The van der Waals surface area contributed by atoms with Crippen LogP contribution in [0.2, 0.25) is 0 Å². The van der Waals surface area contributed by atoms with Gasteiger partial charge in [0.05, 0.1) is 0 Å². The minimum absolute atomic E-state index is 0.264. The maximum atomic E-state index is 11.0. The summed E-state index contributed by atoms with van der Waals surface area (Å²) in [5.74, 6) is 0. The van der Waals surface area contributed by atoms with Crippen molar-refractivity contribution < 1.29 is 5.11 Å². The molecular formula is C17H28N2O. The molecule has 0 heterocycles. The predicted molar refractivity (Wildman–Crippen MR) is 83.5 cm³/mol. The number of aliphatic hydroxyl groups is 1. The molecule has 0 aromatic heterocycles. The highest BCUT2D eigenvalue weighted by atomic mass is 16.3. The van der Waals surface area contributed by atoms with Gasteiger partial charge >= 0.3 is 0 Å². The van der Waals surface area contributed by atoms with Crippen LogP contribution in [0.25, 0.3) is 0 Å². The van der Waals surface area contributed by atoms with E-state index in [0.29, 0.717) is 12.6 Å². The second-order valence-electron chi connectivity index (χ2n) is 5.96. The van der Waals surface area contributed by atoms with Crippen molar-refractivity contribution in [2.24, 2.45) is 5.73 Å². The fraction of sp³-hybridized carbons (Fsp3) is 0.647. The van der Waals surface area contributed by atoms with Crippen molar-refractivity contribution in [3.8, 4) is 0 Å². The molecule has 1 aromatic rings. The number of hydrogen-bond acceptors (Lipinski definition) is 3. The van der Waals surface area contributed by atoms with Crippen LogP contribution in [0.5, 0.6) is 0 Å². The number of likely N-dealkylation sites (N-methyl/N-ethyl adjacent to an activating group) is 1. The van der Waals surface area contributed by atoms with Crippen molar-refractivity contribution in [2.45, 2.75) is 50.7 Å². The van der Waals surface area contributed by atoms with Crippen molar-refractivity contribution in [2.75, 3.05) is 19.6 Å². The van der Waals surface area contributed by atoms with Gasteiger partial charge in [0.15, 0.2) is 0 Å². The molecule has 1 fully saturated rings. The number of hydrogen-bond donors (Lipinski definition) is 2. The Morgan fingerprint density at radius 2 is 1.85 bits per heavy atom. The third kappa shape index (κ3) is 3.60. The number of benzene rings is 1. The standard InChI is InChI=1S/C17H28N2O/c1-2-19(16-11-7-4-8-12-16)14-17(20,13-18)15-9-5-3-6-10-15/h3,5-6,9-10,16,20H,2,4,7-8,11-14,18H2,1H3. The van der Waals surface area contributed by atoms with Crippen molar-refractivity contribution in [3.63, 3.8) is 0 Å². The van der Waals surface area contributed by atoms with Gasteiger partial charge in [-0.1, -0.05) is 56.5 Å². The largest absolute Gasteiger partial charge is 0.382 e. The zero-order valence-corrected chi connectivity index (χ0v) is 12.6. The van der Waals surface area contributed by atoms with Gasteiger partial charge in [0.25, 0.3) is 0 Å². The molecule has 0 aliphatic heterocycles. The van der Waals surface area contributed by atoms with E-state index in [2.05, 4.69) is 11.8 Å².